The fraction of sp³-hybridized carbons (Fsp3) is 0.412. The Morgan fingerprint density at radius 1 is 0.549 bits per heavy atom. The summed E-state index contributed by atoms with van der Waals surface area (Å²) in [5, 5.41) is 14.0. The topological polar surface area (TPSA) is 206 Å². The molecule has 6 aliphatic heterocycles. The number of halogens is 1. The molecule has 5 N–H and O–H groups in total. The standard InChI is InChI=1S/C17H18N4O4.C13H9FN2O4.C4H10N2/c22-13-5-4-12(15(23)19-13)21-16(24)10-2-1-3-11(14(10)17(21)25)20-8-6-18-7-9-20;14-7-3-1-2-6-10(7)13(20)16(12(6)19)8-4-5-9(17)15-11(8)18;1-2-6-4-3-5-1/h1-3,12,18H,4-9H2,(H,19,22,23);1-3,8H,4-5H2,(H,15,17,18);5-6H,1-4H2. The number of carbonyl (C=O) groups excluding carboxylic acids is 8. The summed E-state index contributed by atoms with van der Waals surface area (Å²) in [6.07, 6.45) is 0.373. The number of imide groups is 4. The highest BCUT2D eigenvalue weighted by Crippen LogP contribution is 2.34. The minimum atomic E-state index is -1.07. The molecule has 2 atom stereocenters. The highest BCUT2D eigenvalue weighted by atomic mass is 19.1. The first-order valence-electron chi connectivity index (χ1n) is 16.8. The number of piperidine rings is 2. The van der Waals surface area contributed by atoms with Crippen LogP contribution in [0.5, 0.6) is 0 Å². The Morgan fingerprint density at radius 3 is 1.47 bits per heavy atom. The maximum absolute atomic E-state index is 13.7. The van der Waals surface area contributed by atoms with Crippen LogP contribution in [0.3, 0.4) is 0 Å². The number of hydrogen-bond acceptors (Lipinski definition) is 12. The number of nitrogens with one attached hydrogen (secondary N) is 5. The molecule has 8 rings (SSSR count). The monoisotopic (exact) mass is 704 g/mol. The number of anilines is 1. The molecule has 0 aliphatic carbocycles. The van der Waals surface area contributed by atoms with E-state index in [1.165, 1.54) is 12.1 Å². The van der Waals surface area contributed by atoms with Crippen molar-refractivity contribution < 1.29 is 42.7 Å². The summed E-state index contributed by atoms with van der Waals surface area (Å²) in [5.74, 6) is -5.39. The average molecular weight is 705 g/mol. The van der Waals surface area contributed by atoms with Crippen molar-refractivity contribution in [2.75, 3.05) is 57.3 Å². The van der Waals surface area contributed by atoms with E-state index in [2.05, 4.69) is 31.5 Å². The van der Waals surface area contributed by atoms with Gasteiger partial charge in [0.2, 0.25) is 23.6 Å². The number of piperazine rings is 2. The molecular formula is C34H37FN8O8. The Balaban J connectivity index is 0.000000154. The molecule has 0 bridgehead atoms. The third kappa shape index (κ3) is 7.13. The molecule has 0 radical (unpaired) electrons. The lowest BCUT2D eigenvalue weighted by Crippen LogP contribution is -2.54. The Labute approximate surface area is 291 Å². The lowest BCUT2D eigenvalue weighted by Gasteiger charge is -2.31. The van der Waals surface area contributed by atoms with E-state index < -0.39 is 59.3 Å². The van der Waals surface area contributed by atoms with Crippen molar-refractivity contribution >= 4 is 52.9 Å². The zero-order chi connectivity index (χ0) is 36.2. The zero-order valence-electron chi connectivity index (χ0n) is 27.6. The summed E-state index contributed by atoms with van der Waals surface area (Å²) in [4.78, 5) is 100. The van der Waals surface area contributed by atoms with Crippen LogP contribution < -0.4 is 31.5 Å². The molecule has 17 heteroatoms. The van der Waals surface area contributed by atoms with E-state index in [9.17, 15) is 42.7 Å². The highest BCUT2D eigenvalue weighted by Gasteiger charge is 2.47. The van der Waals surface area contributed by atoms with Gasteiger partial charge in [-0.15, -0.1) is 0 Å². The van der Waals surface area contributed by atoms with Crippen LogP contribution >= 0.6 is 0 Å². The van der Waals surface area contributed by atoms with Gasteiger partial charge in [0.1, 0.15) is 17.9 Å². The van der Waals surface area contributed by atoms with Gasteiger partial charge in [0.15, 0.2) is 0 Å². The van der Waals surface area contributed by atoms with Gasteiger partial charge in [0.25, 0.3) is 23.6 Å². The minimum absolute atomic E-state index is 0.0340. The lowest BCUT2D eigenvalue weighted by molar-refractivity contribution is -0.137. The van der Waals surface area contributed by atoms with Gasteiger partial charge in [-0.05, 0) is 37.1 Å². The third-order valence-corrected chi connectivity index (χ3v) is 9.28. The minimum Gasteiger partial charge on any atom is -0.368 e. The van der Waals surface area contributed by atoms with Crippen molar-refractivity contribution in [3.05, 3.63) is 64.5 Å². The summed E-state index contributed by atoms with van der Waals surface area (Å²) >= 11 is 0. The second kappa shape index (κ2) is 15.2. The van der Waals surface area contributed by atoms with Crippen molar-refractivity contribution in [3.63, 3.8) is 0 Å². The molecule has 6 aliphatic rings. The average Bonchev–Trinajstić information content (AvgIpc) is 3.54. The van der Waals surface area contributed by atoms with Crippen molar-refractivity contribution in [1.82, 2.24) is 36.4 Å². The van der Waals surface area contributed by atoms with E-state index in [1.807, 2.05) is 6.07 Å². The first-order chi connectivity index (χ1) is 24.6. The number of nitrogens with zero attached hydrogens (tertiary/aromatic N) is 3. The summed E-state index contributed by atoms with van der Waals surface area (Å²) in [5.41, 5.74) is 1.04. The van der Waals surface area contributed by atoms with Crippen molar-refractivity contribution in [2.24, 2.45) is 0 Å². The van der Waals surface area contributed by atoms with Gasteiger partial charge in [0.05, 0.1) is 27.9 Å². The van der Waals surface area contributed by atoms with Gasteiger partial charge < -0.3 is 20.9 Å². The molecule has 16 nitrogen and oxygen atoms in total. The first-order valence-corrected chi connectivity index (χ1v) is 16.8. The molecule has 6 heterocycles. The molecule has 2 aromatic carbocycles. The molecule has 0 aromatic heterocycles. The van der Waals surface area contributed by atoms with Crippen LogP contribution in [0.1, 0.15) is 67.1 Å². The Kier molecular flexibility index (Phi) is 10.6. The smallest absolute Gasteiger partial charge is 0.265 e. The fourth-order valence-corrected chi connectivity index (χ4v) is 6.74. The van der Waals surface area contributed by atoms with Crippen LogP contribution in [-0.4, -0.2) is 121 Å². The molecule has 268 valence electrons. The molecule has 8 amide bonds. The molecule has 0 spiro atoms. The molecule has 4 fully saturated rings. The summed E-state index contributed by atoms with van der Waals surface area (Å²) < 4.78 is 13.7. The van der Waals surface area contributed by atoms with E-state index in [1.54, 1.807) is 12.1 Å². The summed E-state index contributed by atoms with van der Waals surface area (Å²) in [6.45, 7) is 7.66. The van der Waals surface area contributed by atoms with E-state index in [4.69, 9.17) is 0 Å². The van der Waals surface area contributed by atoms with Crippen LogP contribution in [0.2, 0.25) is 0 Å². The molecule has 0 saturated carbocycles. The van der Waals surface area contributed by atoms with Crippen LogP contribution in [0, 0.1) is 5.82 Å². The molecular weight excluding hydrogens is 667 g/mol. The van der Waals surface area contributed by atoms with Crippen LogP contribution in [0.4, 0.5) is 10.1 Å². The van der Waals surface area contributed by atoms with E-state index in [-0.39, 0.29) is 42.7 Å². The van der Waals surface area contributed by atoms with E-state index in [0.717, 1.165) is 73.9 Å². The Bertz CT molecular complexity index is 1800. The van der Waals surface area contributed by atoms with E-state index in [0.29, 0.717) is 11.1 Å². The Morgan fingerprint density at radius 2 is 1.00 bits per heavy atom. The SMILES string of the molecule is C1CNCCN1.O=C1CCC(N2C(=O)c3cccc(F)c3C2=O)C(=O)N1.O=C1CCC(N2C(=O)c3cccc(N4CCNCC4)c3C2=O)C(=O)N1. The lowest BCUT2D eigenvalue weighted by atomic mass is 10.0. The second-order valence-corrected chi connectivity index (χ2v) is 12.5. The number of amides is 8. The van der Waals surface area contributed by atoms with Crippen LogP contribution in [0.15, 0.2) is 36.4 Å². The Hall–Kier alpha value is -5.39. The number of rotatable bonds is 3. The van der Waals surface area contributed by atoms with Crippen molar-refractivity contribution in [2.45, 2.75) is 37.8 Å². The van der Waals surface area contributed by atoms with Gasteiger partial charge in [-0.25, -0.2) is 4.39 Å². The number of fused-ring (bicyclic) bond motifs is 2. The molecule has 51 heavy (non-hydrogen) atoms. The van der Waals surface area contributed by atoms with Gasteiger partial charge in [-0.3, -0.25) is 58.8 Å². The largest absolute Gasteiger partial charge is 0.368 e. The molecule has 4 saturated heterocycles. The first kappa shape index (κ1) is 35.4. The number of carbonyl (C=O) groups is 8. The predicted molar refractivity (Wildman–Crippen MR) is 177 cm³/mol. The van der Waals surface area contributed by atoms with Crippen molar-refractivity contribution in [3.8, 4) is 0 Å². The van der Waals surface area contributed by atoms with Gasteiger partial charge in [-0.1, -0.05) is 12.1 Å². The quantitative estimate of drug-likeness (QED) is 0.242. The molecule has 2 unspecified atom stereocenters. The van der Waals surface area contributed by atoms with Gasteiger partial charge in [0, 0.05) is 65.2 Å². The summed E-state index contributed by atoms with van der Waals surface area (Å²) in [7, 11) is 0. The summed E-state index contributed by atoms with van der Waals surface area (Å²) in [6, 6.07) is 6.96. The van der Waals surface area contributed by atoms with E-state index >= 15 is 0 Å². The van der Waals surface area contributed by atoms with Crippen LogP contribution in [0.25, 0.3) is 0 Å². The van der Waals surface area contributed by atoms with Crippen LogP contribution in [-0.2, 0) is 19.2 Å². The maximum atomic E-state index is 13.7. The second-order valence-electron chi connectivity index (χ2n) is 12.5. The van der Waals surface area contributed by atoms with Crippen molar-refractivity contribution in [1.29, 1.82) is 0 Å². The maximum Gasteiger partial charge on any atom is 0.265 e. The number of benzene rings is 2. The van der Waals surface area contributed by atoms with Gasteiger partial charge >= 0.3 is 0 Å². The highest BCUT2D eigenvalue weighted by molar-refractivity contribution is 6.26. The number of hydrogen-bond donors (Lipinski definition) is 5. The normalized spacial score (nSPS) is 23.1. The molecule has 2 aromatic rings. The zero-order valence-corrected chi connectivity index (χ0v) is 27.6. The third-order valence-electron chi connectivity index (χ3n) is 9.28. The predicted octanol–water partition coefficient (Wildman–Crippen LogP) is -1.10. The fourth-order valence-electron chi connectivity index (χ4n) is 6.74. The van der Waals surface area contributed by atoms with Gasteiger partial charge in [-0.2, -0.15) is 0 Å².